The van der Waals surface area contributed by atoms with E-state index in [2.05, 4.69) is 38.5 Å². The Labute approximate surface area is 124 Å². The Morgan fingerprint density at radius 2 is 1.83 bits per heavy atom. The molecule has 0 aliphatic rings. The highest BCUT2D eigenvalue weighted by Gasteiger charge is 2.17. The molecule has 0 amide bonds. The van der Waals surface area contributed by atoms with Crippen LogP contribution in [0.2, 0.25) is 0 Å². The van der Waals surface area contributed by atoms with E-state index in [1.807, 2.05) is 6.07 Å². The molecule has 0 fully saturated rings. The zero-order chi connectivity index (χ0) is 13.3. The maximum Gasteiger partial charge on any atom is 0.196 e. The molecule has 0 spiro atoms. The maximum absolute atomic E-state index is 13.6. The van der Waals surface area contributed by atoms with Crippen LogP contribution < -0.4 is 0 Å². The van der Waals surface area contributed by atoms with Gasteiger partial charge in [0.05, 0.1) is 10.0 Å². The Kier molecular flexibility index (Phi) is 4.11. The van der Waals surface area contributed by atoms with E-state index in [4.69, 9.17) is 0 Å². The lowest BCUT2D eigenvalue weighted by atomic mass is 10.0. The number of hydrogen-bond donors (Lipinski definition) is 0. The van der Waals surface area contributed by atoms with E-state index in [0.29, 0.717) is 5.56 Å². The van der Waals surface area contributed by atoms with Crippen molar-refractivity contribution < 1.29 is 13.6 Å². The van der Waals surface area contributed by atoms with E-state index in [1.54, 1.807) is 18.2 Å². The Morgan fingerprint density at radius 3 is 2.50 bits per heavy atom. The van der Waals surface area contributed by atoms with Crippen LogP contribution in [0.25, 0.3) is 0 Å². The molecule has 0 heterocycles. The van der Waals surface area contributed by atoms with Gasteiger partial charge in [-0.25, -0.2) is 8.78 Å². The van der Waals surface area contributed by atoms with Crippen LogP contribution in [0.3, 0.4) is 0 Å². The van der Waals surface area contributed by atoms with Crippen molar-refractivity contribution in [1.82, 2.24) is 0 Å². The van der Waals surface area contributed by atoms with Crippen molar-refractivity contribution in [3.63, 3.8) is 0 Å². The van der Waals surface area contributed by atoms with Crippen molar-refractivity contribution in [1.29, 1.82) is 0 Å². The van der Waals surface area contributed by atoms with Crippen LogP contribution in [0.4, 0.5) is 8.78 Å². The third kappa shape index (κ3) is 2.77. The summed E-state index contributed by atoms with van der Waals surface area (Å²) in [6.07, 6.45) is 0. The lowest BCUT2D eigenvalue weighted by Crippen LogP contribution is -2.05. The number of benzene rings is 2. The third-order valence-electron chi connectivity index (χ3n) is 2.34. The Bertz CT molecular complexity index is 628. The van der Waals surface area contributed by atoms with Gasteiger partial charge in [-0.05, 0) is 62.8 Å². The predicted molar refractivity (Wildman–Crippen MR) is 76.6 cm³/mol. The number of halogens is 4. The van der Waals surface area contributed by atoms with Crippen LogP contribution in [0.1, 0.15) is 15.9 Å². The molecule has 0 bridgehead atoms. The van der Waals surface area contributed by atoms with Gasteiger partial charge in [-0.15, -0.1) is 0 Å². The molecule has 0 aliphatic heterocycles. The Balaban J connectivity index is 2.49. The molecule has 18 heavy (non-hydrogen) atoms. The van der Waals surface area contributed by atoms with Crippen molar-refractivity contribution in [3.05, 3.63) is 67.2 Å². The topological polar surface area (TPSA) is 17.1 Å². The fourth-order valence-electron chi connectivity index (χ4n) is 1.48. The SMILES string of the molecule is O=C(c1cccc(I)c1)c1cc(F)c(Br)cc1F. The van der Waals surface area contributed by atoms with Crippen molar-refractivity contribution in [2.45, 2.75) is 0 Å². The fourth-order valence-corrected chi connectivity index (χ4v) is 2.34. The minimum absolute atomic E-state index is 0.000748. The van der Waals surface area contributed by atoms with Crippen LogP contribution in [-0.4, -0.2) is 5.78 Å². The highest BCUT2D eigenvalue weighted by molar-refractivity contribution is 14.1. The number of carbonyl (C=O) groups is 1. The van der Waals surface area contributed by atoms with E-state index in [-0.39, 0.29) is 10.0 Å². The summed E-state index contributed by atoms with van der Waals surface area (Å²) in [5.74, 6) is -1.94. The van der Waals surface area contributed by atoms with Crippen LogP contribution in [0.5, 0.6) is 0 Å². The summed E-state index contributed by atoms with van der Waals surface area (Å²) in [7, 11) is 0. The van der Waals surface area contributed by atoms with Crippen molar-refractivity contribution >= 4 is 44.3 Å². The van der Waals surface area contributed by atoms with Gasteiger partial charge in [0, 0.05) is 9.13 Å². The molecule has 0 atom stereocenters. The molecule has 0 saturated carbocycles. The average Bonchev–Trinajstić information content (AvgIpc) is 2.33. The lowest BCUT2D eigenvalue weighted by molar-refractivity contribution is 0.103. The first kappa shape index (κ1) is 13.6. The number of ketones is 1. The van der Waals surface area contributed by atoms with Gasteiger partial charge in [-0.1, -0.05) is 12.1 Å². The molecule has 5 heteroatoms. The van der Waals surface area contributed by atoms with Gasteiger partial charge in [0.15, 0.2) is 5.78 Å². The maximum atomic E-state index is 13.6. The molecular weight excluding hydrogens is 417 g/mol. The summed E-state index contributed by atoms with van der Waals surface area (Å²) >= 11 is 4.92. The molecule has 2 aromatic carbocycles. The Morgan fingerprint density at radius 1 is 1.11 bits per heavy atom. The van der Waals surface area contributed by atoms with Crippen molar-refractivity contribution in [3.8, 4) is 0 Å². The predicted octanol–water partition coefficient (Wildman–Crippen LogP) is 4.56. The molecular formula is C13H6BrF2IO. The summed E-state index contributed by atoms with van der Waals surface area (Å²) < 4.78 is 27.9. The summed E-state index contributed by atoms with van der Waals surface area (Å²) in [5.41, 5.74) is 0.0697. The largest absolute Gasteiger partial charge is 0.288 e. The quantitative estimate of drug-likeness (QED) is 0.394. The molecule has 1 nitrogen and oxygen atoms in total. The first-order chi connectivity index (χ1) is 8.49. The minimum atomic E-state index is -0.743. The molecule has 0 N–H and O–H groups in total. The summed E-state index contributed by atoms with van der Waals surface area (Å²) in [6, 6.07) is 8.57. The van der Waals surface area contributed by atoms with Gasteiger partial charge in [0.1, 0.15) is 11.6 Å². The molecule has 0 aliphatic carbocycles. The zero-order valence-corrected chi connectivity index (χ0v) is 12.6. The second kappa shape index (κ2) is 5.44. The molecule has 0 radical (unpaired) electrons. The van der Waals surface area contributed by atoms with Gasteiger partial charge < -0.3 is 0 Å². The first-order valence-electron chi connectivity index (χ1n) is 4.94. The van der Waals surface area contributed by atoms with E-state index < -0.39 is 17.4 Å². The van der Waals surface area contributed by atoms with Gasteiger partial charge in [0.25, 0.3) is 0 Å². The molecule has 0 unspecified atom stereocenters. The molecule has 0 aromatic heterocycles. The smallest absolute Gasteiger partial charge is 0.196 e. The van der Waals surface area contributed by atoms with Crippen LogP contribution in [0, 0.1) is 15.2 Å². The highest BCUT2D eigenvalue weighted by atomic mass is 127. The number of rotatable bonds is 2. The third-order valence-corrected chi connectivity index (χ3v) is 3.62. The molecule has 2 aromatic rings. The van der Waals surface area contributed by atoms with Crippen LogP contribution in [0.15, 0.2) is 40.9 Å². The lowest BCUT2D eigenvalue weighted by Gasteiger charge is -2.05. The minimum Gasteiger partial charge on any atom is -0.288 e. The summed E-state index contributed by atoms with van der Waals surface area (Å²) in [6.45, 7) is 0. The van der Waals surface area contributed by atoms with E-state index in [9.17, 15) is 13.6 Å². The standard InChI is InChI=1S/C13H6BrF2IO/c14-10-6-11(15)9(5-12(10)16)13(18)7-2-1-3-8(17)4-7/h1-6H. The molecule has 2 rings (SSSR count). The zero-order valence-electron chi connectivity index (χ0n) is 8.88. The van der Waals surface area contributed by atoms with Crippen molar-refractivity contribution in [2.75, 3.05) is 0 Å². The summed E-state index contributed by atoms with van der Waals surface area (Å²) in [5, 5.41) is 0. The van der Waals surface area contributed by atoms with Crippen LogP contribution >= 0.6 is 38.5 Å². The van der Waals surface area contributed by atoms with Gasteiger partial charge in [-0.3, -0.25) is 4.79 Å². The molecule has 0 saturated heterocycles. The fraction of sp³-hybridized carbons (Fsp3) is 0. The van der Waals surface area contributed by atoms with Gasteiger partial charge in [-0.2, -0.15) is 0 Å². The summed E-state index contributed by atoms with van der Waals surface area (Å²) in [4.78, 5) is 12.1. The van der Waals surface area contributed by atoms with Gasteiger partial charge in [0.2, 0.25) is 0 Å². The second-order valence-electron chi connectivity index (χ2n) is 3.59. The monoisotopic (exact) mass is 422 g/mol. The number of hydrogen-bond acceptors (Lipinski definition) is 1. The highest BCUT2D eigenvalue weighted by Crippen LogP contribution is 2.22. The second-order valence-corrected chi connectivity index (χ2v) is 5.69. The van der Waals surface area contributed by atoms with E-state index in [0.717, 1.165) is 15.7 Å². The van der Waals surface area contributed by atoms with E-state index >= 15 is 0 Å². The van der Waals surface area contributed by atoms with Crippen molar-refractivity contribution in [2.24, 2.45) is 0 Å². The molecule has 92 valence electrons. The average molecular weight is 423 g/mol. The van der Waals surface area contributed by atoms with Gasteiger partial charge >= 0.3 is 0 Å². The normalized spacial score (nSPS) is 10.4. The first-order valence-corrected chi connectivity index (χ1v) is 6.81. The number of carbonyl (C=O) groups excluding carboxylic acids is 1. The van der Waals surface area contributed by atoms with E-state index in [1.165, 1.54) is 0 Å². The van der Waals surface area contributed by atoms with Crippen LogP contribution in [-0.2, 0) is 0 Å². The Hall–Kier alpha value is -0.820.